The molecule has 0 saturated heterocycles. The first-order chi connectivity index (χ1) is 15.9. The predicted octanol–water partition coefficient (Wildman–Crippen LogP) is 4.34. The van der Waals surface area contributed by atoms with Gasteiger partial charge in [-0.25, -0.2) is 4.79 Å². The summed E-state index contributed by atoms with van der Waals surface area (Å²) in [7, 11) is 0. The van der Waals surface area contributed by atoms with E-state index in [1.165, 1.54) is 0 Å². The van der Waals surface area contributed by atoms with Crippen molar-refractivity contribution in [2.45, 2.75) is 90.6 Å². The summed E-state index contributed by atoms with van der Waals surface area (Å²) in [5.74, 6) is -1.86. The lowest BCUT2D eigenvalue weighted by Crippen LogP contribution is -2.45. The number of likely N-dealkylation sites (N-methyl/N-ethyl adjacent to an activating group) is 1. The molecule has 1 aliphatic heterocycles. The lowest BCUT2D eigenvalue weighted by Gasteiger charge is -2.22. The highest BCUT2D eigenvalue weighted by Crippen LogP contribution is 2.10. The van der Waals surface area contributed by atoms with E-state index in [1.54, 1.807) is 20.8 Å². The molecule has 176 valence electrons. The number of aliphatic imine (C=N–C) groups is 1. The van der Waals surface area contributed by atoms with Crippen LogP contribution in [0.15, 0.2) is 17.1 Å². The van der Waals surface area contributed by atoms with Crippen LogP contribution in [-0.4, -0.2) is 54.6 Å². The van der Waals surface area contributed by atoms with Gasteiger partial charge in [0.1, 0.15) is 12.1 Å². The molecule has 0 atom stereocenters. The fourth-order valence-electron chi connectivity index (χ4n) is 2.83. The number of nitrogens with zero attached hydrogens (tertiary/aromatic N) is 2. The molecule has 0 aromatic rings. The Morgan fingerprint density at radius 1 is 1.10 bits per heavy atom. The van der Waals surface area contributed by atoms with Crippen molar-refractivity contribution >= 4 is 23.9 Å². The molecule has 0 bridgehead atoms. The van der Waals surface area contributed by atoms with Gasteiger partial charge >= 0.3 is 12.1 Å². The zero-order chi connectivity index (χ0) is 25.6. The third-order valence-electron chi connectivity index (χ3n) is 4.35. The van der Waals surface area contributed by atoms with Gasteiger partial charge in [0.05, 0.1) is 6.61 Å². The normalized spacial score (nSPS) is 22.5. The van der Waals surface area contributed by atoms with Gasteiger partial charge in [0.15, 0.2) is 0 Å². The summed E-state index contributed by atoms with van der Waals surface area (Å²) in [6.45, 7) is 1.46. The fourth-order valence-corrected chi connectivity index (χ4v) is 2.83. The van der Waals surface area contributed by atoms with Crippen LogP contribution in [0.3, 0.4) is 0 Å². The third-order valence-corrected chi connectivity index (χ3v) is 4.35. The number of ether oxygens (including phenoxy) is 2. The molecule has 2 amide bonds. The molecule has 0 radical (unpaired) electrons. The van der Waals surface area contributed by atoms with Gasteiger partial charge in [0.2, 0.25) is 11.9 Å². The predicted molar refractivity (Wildman–Crippen MR) is 121 cm³/mol. The molecule has 0 aromatic heterocycles. The molecular formula is C23H39N3O5. The van der Waals surface area contributed by atoms with Crippen molar-refractivity contribution in [3.63, 3.8) is 0 Å². The maximum Gasteiger partial charge on any atom is 0.437 e. The van der Waals surface area contributed by atoms with Crippen molar-refractivity contribution in [2.24, 2.45) is 4.99 Å². The molecule has 8 heteroatoms. The van der Waals surface area contributed by atoms with Crippen molar-refractivity contribution in [1.29, 1.82) is 0 Å². The average Bonchev–Trinajstić information content (AvgIpc) is 2.68. The Balaban J connectivity index is 3.07. The smallest absolute Gasteiger partial charge is 0.437 e. The minimum absolute atomic E-state index is 0.131. The molecule has 1 aliphatic rings. The molecule has 1 heterocycles. The van der Waals surface area contributed by atoms with Gasteiger partial charge in [-0.1, -0.05) is 31.4 Å². The van der Waals surface area contributed by atoms with Crippen molar-refractivity contribution in [3.05, 3.63) is 12.2 Å². The number of nitrogens with one attached hydrogen (secondary N) is 1. The van der Waals surface area contributed by atoms with E-state index < -0.39 is 43.1 Å². The lowest BCUT2D eigenvalue weighted by atomic mass is 10.1. The molecular weight excluding hydrogens is 398 g/mol. The zero-order valence-corrected chi connectivity index (χ0v) is 19.1. The first-order valence-corrected chi connectivity index (χ1v) is 11.1. The standard InChI is InChI=1S/C23H39N3O5/c1-23(2,3)31-22(29)25-21-24-19(27)16-14-12-10-8-6-5-7-9-11-13-15-17-30-20(28)18-26(21)4/h7,9H,5-6,8,10-18H2,1-4H3,(H,24,25,27,29)/i4D3. The second-order valence-electron chi connectivity index (χ2n) is 8.54. The number of cyclic esters (lactones) is 1. The van der Waals surface area contributed by atoms with Gasteiger partial charge in [-0.3, -0.25) is 14.9 Å². The summed E-state index contributed by atoms with van der Waals surface area (Å²) < 4.78 is 33.8. The Kier molecular flexibility index (Phi) is 10.3. The van der Waals surface area contributed by atoms with Gasteiger partial charge in [0.25, 0.3) is 0 Å². The number of guanidine groups is 1. The van der Waals surface area contributed by atoms with E-state index in [2.05, 4.69) is 22.5 Å². The number of hydrogen-bond donors (Lipinski definition) is 1. The molecule has 0 spiro atoms. The van der Waals surface area contributed by atoms with Crippen LogP contribution in [0.25, 0.3) is 0 Å². The van der Waals surface area contributed by atoms with Crippen molar-refractivity contribution in [3.8, 4) is 0 Å². The minimum Gasteiger partial charge on any atom is -0.464 e. The first kappa shape index (κ1) is 21.8. The van der Waals surface area contributed by atoms with E-state index in [-0.39, 0.29) is 13.0 Å². The summed E-state index contributed by atoms with van der Waals surface area (Å²) in [5, 5.41) is 2.39. The number of carbonyl (C=O) groups is 3. The number of esters is 1. The zero-order valence-electron chi connectivity index (χ0n) is 22.1. The number of hydrogen-bond acceptors (Lipinski definition) is 5. The molecule has 0 aliphatic carbocycles. The van der Waals surface area contributed by atoms with Crippen LogP contribution in [0.1, 0.15) is 89.1 Å². The van der Waals surface area contributed by atoms with E-state index in [9.17, 15) is 14.4 Å². The molecule has 0 fully saturated rings. The Hall–Kier alpha value is -2.38. The Bertz CT molecular complexity index is 730. The number of amides is 2. The van der Waals surface area contributed by atoms with Gasteiger partial charge in [-0.15, -0.1) is 4.99 Å². The molecule has 8 nitrogen and oxygen atoms in total. The molecule has 1 rings (SSSR count). The highest BCUT2D eigenvalue weighted by Gasteiger charge is 2.20. The van der Waals surface area contributed by atoms with Gasteiger partial charge < -0.3 is 14.4 Å². The van der Waals surface area contributed by atoms with Crippen molar-refractivity contribution in [1.82, 2.24) is 10.2 Å². The number of allylic oxidation sites excluding steroid dienone is 2. The molecule has 0 unspecified atom stereocenters. The summed E-state index contributed by atoms with van der Waals surface area (Å²) >= 11 is 0. The summed E-state index contributed by atoms with van der Waals surface area (Å²) in [6, 6.07) is 0. The monoisotopic (exact) mass is 440 g/mol. The second-order valence-corrected chi connectivity index (χ2v) is 8.54. The highest BCUT2D eigenvalue weighted by molar-refractivity contribution is 6.01. The molecule has 1 N–H and O–H groups in total. The fraction of sp³-hybridized carbons (Fsp3) is 0.739. The van der Waals surface area contributed by atoms with E-state index in [0.717, 1.165) is 44.9 Å². The first-order valence-electron chi connectivity index (χ1n) is 12.6. The SMILES string of the molecule is [2H]C([2H])([2H])N1CC(=O)OCCCCC=CCCCCCCCC(=O)NC1=NC(=O)OC(C)(C)C. The Morgan fingerprint density at radius 2 is 1.74 bits per heavy atom. The van der Waals surface area contributed by atoms with E-state index in [1.807, 2.05) is 0 Å². The van der Waals surface area contributed by atoms with Gasteiger partial charge in [-0.05, 0) is 59.3 Å². The number of rotatable bonds is 0. The van der Waals surface area contributed by atoms with Gasteiger partial charge in [-0.2, -0.15) is 0 Å². The lowest BCUT2D eigenvalue weighted by molar-refractivity contribution is -0.144. The quantitative estimate of drug-likeness (QED) is 0.444. The maximum atomic E-state index is 12.5. The van der Waals surface area contributed by atoms with Crippen LogP contribution >= 0.6 is 0 Å². The van der Waals surface area contributed by atoms with E-state index in [0.29, 0.717) is 17.7 Å². The second kappa shape index (κ2) is 14.6. The van der Waals surface area contributed by atoms with Crippen molar-refractivity contribution in [2.75, 3.05) is 20.1 Å². The number of carbonyl (C=O) groups excluding carboxylic acids is 3. The average molecular weight is 441 g/mol. The van der Waals surface area contributed by atoms with Crippen LogP contribution in [0, 0.1) is 0 Å². The summed E-state index contributed by atoms with van der Waals surface area (Å²) in [4.78, 5) is 41.4. The van der Waals surface area contributed by atoms with Crippen LogP contribution in [0.4, 0.5) is 4.79 Å². The molecule has 0 aromatic carbocycles. The summed E-state index contributed by atoms with van der Waals surface area (Å²) in [5.41, 5.74) is -0.878. The summed E-state index contributed by atoms with van der Waals surface area (Å²) in [6.07, 6.45) is 11.3. The Morgan fingerprint density at radius 3 is 2.42 bits per heavy atom. The largest absolute Gasteiger partial charge is 0.464 e. The highest BCUT2D eigenvalue weighted by atomic mass is 16.6. The topological polar surface area (TPSA) is 97.3 Å². The van der Waals surface area contributed by atoms with Crippen LogP contribution in [-0.2, 0) is 19.1 Å². The van der Waals surface area contributed by atoms with E-state index in [4.69, 9.17) is 13.6 Å². The maximum absolute atomic E-state index is 12.5. The minimum atomic E-state index is -2.87. The molecule has 0 saturated carbocycles. The van der Waals surface area contributed by atoms with Crippen LogP contribution in [0.5, 0.6) is 0 Å². The third kappa shape index (κ3) is 14.3. The van der Waals surface area contributed by atoms with Crippen LogP contribution in [0.2, 0.25) is 0 Å². The Labute approximate surface area is 190 Å². The van der Waals surface area contributed by atoms with Crippen LogP contribution < -0.4 is 5.32 Å². The van der Waals surface area contributed by atoms with Crippen molar-refractivity contribution < 1.29 is 28.0 Å². The van der Waals surface area contributed by atoms with E-state index >= 15 is 0 Å². The molecule has 31 heavy (non-hydrogen) atoms. The van der Waals surface area contributed by atoms with Gasteiger partial charge in [0, 0.05) is 17.5 Å².